The molecule has 0 saturated heterocycles. The summed E-state index contributed by atoms with van der Waals surface area (Å²) >= 11 is 0. The van der Waals surface area contributed by atoms with Gasteiger partial charge in [-0.15, -0.1) is 0 Å². The number of anilines is 4. The van der Waals surface area contributed by atoms with E-state index in [1.165, 1.54) is 24.5 Å². The van der Waals surface area contributed by atoms with Crippen LogP contribution >= 0.6 is 0 Å². The van der Waals surface area contributed by atoms with Crippen molar-refractivity contribution in [3.63, 3.8) is 0 Å². The SMILES string of the molecule is CCC(=O)c1cnc(N(C)c2ccc(S(N)(=O)=O)cn2)cc1Nc1cccc(-c2ncn(C)n2)c1OC. The minimum atomic E-state index is -3.86. The van der Waals surface area contributed by atoms with Gasteiger partial charge in [-0.25, -0.2) is 28.5 Å². The number of Topliss-reactive ketones (excluding diaryl/α,β-unsaturated/α-hetero) is 1. The van der Waals surface area contributed by atoms with Crippen LogP contribution in [-0.4, -0.2) is 53.1 Å². The number of benzene rings is 1. The maximum Gasteiger partial charge on any atom is 0.239 e. The van der Waals surface area contributed by atoms with Crippen LogP contribution in [0.4, 0.5) is 23.0 Å². The highest BCUT2D eigenvalue weighted by Gasteiger charge is 2.19. The Morgan fingerprint density at radius 2 is 1.86 bits per heavy atom. The first-order chi connectivity index (χ1) is 17.6. The number of nitrogens with zero attached hydrogens (tertiary/aromatic N) is 6. The average molecular weight is 523 g/mol. The summed E-state index contributed by atoms with van der Waals surface area (Å²) in [6, 6.07) is 10.1. The molecule has 192 valence electrons. The van der Waals surface area contributed by atoms with Crippen LogP contribution in [0.3, 0.4) is 0 Å². The van der Waals surface area contributed by atoms with Crippen molar-refractivity contribution in [2.45, 2.75) is 18.2 Å². The van der Waals surface area contributed by atoms with Crippen LogP contribution in [0.25, 0.3) is 11.4 Å². The third-order valence-corrected chi connectivity index (χ3v) is 6.48. The summed E-state index contributed by atoms with van der Waals surface area (Å²) in [5.41, 5.74) is 2.20. The van der Waals surface area contributed by atoms with E-state index in [4.69, 9.17) is 9.88 Å². The molecule has 37 heavy (non-hydrogen) atoms. The lowest BCUT2D eigenvalue weighted by molar-refractivity contribution is 0.0988. The van der Waals surface area contributed by atoms with Crippen LogP contribution in [0.15, 0.2) is 60.0 Å². The Bertz CT molecular complexity index is 1550. The van der Waals surface area contributed by atoms with Gasteiger partial charge in [0.25, 0.3) is 0 Å². The number of pyridine rings is 2. The zero-order valence-corrected chi connectivity index (χ0v) is 21.5. The summed E-state index contributed by atoms with van der Waals surface area (Å²) in [5, 5.41) is 12.8. The Labute approximate surface area is 214 Å². The number of aryl methyl sites for hydroxylation is 1. The van der Waals surface area contributed by atoms with Crippen molar-refractivity contribution in [2.24, 2.45) is 12.2 Å². The Hall–Kier alpha value is -4.36. The number of hydrogen-bond acceptors (Lipinski definition) is 10. The zero-order chi connectivity index (χ0) is 26.7. The minimum absolute atomic E-state index is 0.0960. The van der Waals surface area contributed by atoms with E-state index < -0.39 is 10.0 Å². The topological polar surface area (TPSA) is 158 Å². The standard InChI is InChI=1S/C24H26N8O4S/c1-5-20(33)17-13-27-22(32(3)21-10-9-15(12-26-21)37(25,34)35)11-19(17)29-18-8-6-7-16(23(18)36-4)24-28-14-31(2)30-24/h6-14H,5H2,1-4H3,(H,27,29)(H2,25,34,35). The monoisotopic (exact) mass is 522 g/mol. The van der Waals surface area contributed by atoms with Crippen molar-refractivity contribution in [2.75, 3.05) is 24.4 Å². The van der Waals surface area contributed by atoms with Gasteiger partial charge < -0.3 is 15.0 Å². The summed E-state index contributed by atoms with van der Waals surface area (Å²) in [6.45, 7) is 1.77. The summed E-state index contributed by atoms with van der Waals surface area (Å²) in [5.74, 6) is 1.81. The molecule has 0 fully saturated rings. The van der Waals surface area contributed by atoms with Crippen molar-refractivity contribution in [3.8, 4) is 17.1 Å². The number of ether oxygens (including phenoxy) is 1. The Balaban J connectivity index is 1.74. The van der Waals surface area contributed by atoms with Crippen LogP contribution in [-0.2, 0) is 17.1 Å². The van der Waals surface area contributed by atoms with E-state index >= 15 is 0 Å². The second-order valence-electron chi connectivity index (χ2n) is 8.07. The quantitative estimate of drug-likeness (QED) is 0.313. The number of ketones is 1. The molecule has 4 aromatic rings. The van der Waals surface area contributed by atoms with Gasteiger partial charge in [0.05, 0.1) is 29.6 Å². The Kier molecular flexibility index (Phi) is 7.18. The molecule has 12 nitrogen and oxygen atoms in total. The van der Waals surface area contributed by atoms with Gasteiger partial charge in [-0.05, 0) is 24.3 Å². The molecule has 0 aliphatic heterocycles. The Morgan fingerprint density at radius 3 is 2.46 bits per heavy atom. The maximum absolute atomic E-state index is 12.7. The van der Waals surface area contributed by atoms with Crippen molar-refractivity contribution in [1.82, 2.24) is 24.7 Å². The van der Waals surface area contributed by atoms with Crippen molar-refractivity contribution < 1.29 is 17.9 Å². The molecule has 0 amide bonds. The molecular formula is C24H26N8O4S. The molecule has 0 radical (unpaired) electrons. The lowest BCUT2D eigenvalue weighted by Gasteiger charge is -2.20. The van der Waals surface area contributed by atoms with E-state index in [0.29, 0.717) is 45.7 Å². The molecule has 0 spiro atoms. The molecule has 3 N–H and O–H groups in total. The number of carbonyl (C=O) groups excluding carboxylic acids is 1. The minimum Gasteiger partial charge on any atom is -0.494 e. The number of nitrogens with one attached hydrogen (secondary N) is 1. The molecule has 0 bridgehead atoms. The first-order valence-electron chi connectivity index (χ1n) is 11.2. The molecule has 4 rings (SSSR count). The first-order valence-corrected chi connectivity index (χ1v) is 12.7. The second-order valence-corrected chi connectivity index (χ2v) is 9.64. The van der Waals surface area contributed by atoms with Crippen molar-refractivity contribution >= 4 is 38.8 Å². The van der Waals surface area contributed by atoms with E-state index in [0.717, 1.165) is 0 Å². The fraction of sp³-hybridized carbons (Fsp3) is 0.208. The summed E-state index contributed by atoms with van der Waals surface area (Å²) in [6.07, 6.45) is 4.56. The molecule has 3 aromatic heterocycles. The van der Waals surface area contributed by atoms with Gasteiger partial charge in [0.1, 0.15) is 22.9 Å². The molecule has 3 heterocycles. The van der Waals surface area contributed by atoms with E-state index in [1.54, 1.807) is 50.1 Å². The fourth-order valence-corrected chi connectivity index (χ4v) is 4.10. The lowest BCUT2D eigenvalue weighted by Crippen LogP contribution is -2.16. The molecule has 0 aliphatic rings. The van der Waals surface area contributed by atoms with E-state index in [-0.39, 0.29) is 17.1 Å². The number of primary sulfonamides is 1. The normalized spacial score (nSPS) is 11.3. The number of hydrogen-bond donors (Lipinski definition) is 2. The van der Waals surface area contributed by atoms with Crippen LogP contribution in [0.1, 0.15) is 23.7 Å². The second kappa shape index (κ2) is 10.3. The summed E-state index contributed by atoms with van der Waals surface area (Å²) < 4.78 is 30.4. The number of rotatable bonds is 9. The molecule has 13 heteroatoms. The summed E-state index contributed by atoms with van der Waals surface area (Å²) in [7, 11) is 1.19. The number of nitrogens with two attached hydrogens (primary N) is 1. The van der Waals surface area contributed by atoms with Crippen LogP contribution in [0, 0.1) is 0 Å². The highest BCUT2D eigenvalue weighted by atomic mass is 32.2. The van der Waals surface area contributed by atoms with Crippen LogP contribution < -0.4 is 20.1 Å². The maximum atomic E-state index is 12.7. The largest absolute Gasteiger partial charge is 0.494 e. The van der Waals surface area contributed by atoms with Crippen LogP contribution in [0.2, 0.25) is 0 Å². The van der Waals surface area contributed by atoms with Gasteiger partial charge in [0, 0.05) is 39.0 Å². The van der Waals surface area contributed by atoms with E-state index in [9.17, 15) is 13.2 Å². The number of sulfonamides is 1. The van der Waals surface area contributed by atoms with Gasteiger partial charge in [0.2, 0.25) is 10.0 Å². The van der Waals surface area contributed by atoms with Gasteiger partial charge >= 0.3 is 0 Å². The van der Waals surface area contributed by atoms with Crippen LogP contribution in [0.5, 0.6) is 5.75 Å². The molecule has 0 aliphatic carbocycles. The lowest BCUT2D eigenvalue weighted by atomic mass is 10.1. The van der Waals surface area contributed by atoms with E-state index in [2.05, 4.69) is 25.4 Å². The molecule has 0 saturated carbocycles. The van der Waals surface area contributed by atoms with Crippen molar-refractivity contribution in [1.29, 1.82) is 0 Å². The first kappa shape index (κ1) is 25.7. The highest BCUT2D eigenvalue weighted by molar-refractivity contribution is 7.89. The Morgan fingerprint density at radius 1 is 1.11 bits per heavy atom. The number of methoxy groups -OCH3 is 1. The van der Waals surface area contributed by atoms with Gasteiger partial charge in [-0.3, -0.25) is 9.48 Å². The van der Waals surface area contributed by atoms with Gasteiger partial charge in [-0.2, -0.15) is 5.10 Å². The van der Waals surface area contributed by atoms with Gasteiger partial charge in [0.15, 0.2) is 17.4 Å². The third-order valence-electron chi connectivity index (χ3n) is 5.58. The highest BCUT2D eigenvalue weighted by Crippen LogP contribution is 2.38. The van der Waals surface area contributed by atoms with Gasteiger partial charge in [-0.1, -0.05) is 13.0 Å². The predicted molar refractivity (Wildman–Crippen MR) is 139 cm³/mol. The number of para-hydroxylation sites is 1. The predicted octanol–water partition coefficient (Wildman–Crippen LogP) is 3.03. The molecule has 0 unspecified atom stereocenters. The molecule has 1 aromatic carbocycles. The average Bonchev–Trinajstić information content (AvgIpc) is 3.33. The van der Waals surface area contributed by atoms with Crippen molar-refractivity contribution in [3.05, 3.63) is 60.7 Å². The fourth-order valence-electron chi connectivity index (χ4n) is 3.64. The molecule has 0 atom stereocenters. The third kappa shape index (κ3) is 5.42. The number of aromatic nitrogens is 5. The summed E-state index contributed by atoms with van der Waals surface area (Å²) in [4.78, 5) is 27.2. The van der Waals surface area contributed by atoms with E-state index in [1.807, 2.05) is 18.2 Å². The molecular weight excluding hydrogens is 496 g/mol. The number of carbonyl (C=O) groups is 1. The zero-order valence-electron chi connectivity index (χ0n) is 20.7. The smallest absolute Gasteiger partial charge is 0.239 e.